The van der Waals surface area contributed by atoms with Crippen molar-refractivity contribution in [1.82, 2.24) is 19.6 Å². The zero-order valence-corrected chi connectivity index (χ0v) is 19.4. The maximum atomic E-state index is 14.8. The van der Waals surface area contributed by atoms with Gasteiger partial charge >= 0.3 is 0 Å². The van der Waals surface area contributed by atoms with Crippen molar-refractivity contribution in [2.45, 2.75) is 18.9 Å². The first-order chi connectivity index (χ1) is 14.4. The first-order valence-corrected chi connectivity index (χ1v) is 11.4. The number of hydrogen-bond donors (Lipinski definition) is 1. The Hall–Kier alpha value is -2.29. The van der Waals surface area contributed by atoms with Gasteiger partial charge in [-0.15, -0.1) is 11.3 Å². The molecule has 30 heavy (non-hydrogen) atoms. The molecule has 4 heterocycles. The van der Waals surface area contributed by atoms with Crippen LogP contribution in [-0.4, -0.2) is 45.2 Å². The van der Waals surface area contributed by atoms with E-state index in [-0.39, 0.29) is 24.2 Å². The van der Waals surface area contributed by atoms with E-state index in [0.717, 1.165) is 17.8 Å². The summed E-state index contributed by atoms with van der Waals surface area (Å²) in [7, 11) is 0. The Balaban J connectivity index is 1.48. The molecule has 1 saturated heterocycles. The van der Waals surface area contributed by atoms with Crippen LogP contribution in [-0.2, 0) is 0 Å². The van der Waals surface area contributed by atoms with Crippen LogP contribution in [0.4, 0.5) is 4.39 Å². The molecule has 11 heteroatoms. The minimum Gasteiger partial charge on any atom is -0.349 e. The van der Waals surface area contributed by atoms with Gasteiger partial charge in [0.2, 0.25) is 5.95 Å². The van der Waals surface area contributed by atoms with Crippen molar-refractivity contribution in [2.75, 3.05) is 13.1 Å². The maximum absolute atomic E-state index is 14.8. The summed E-state index contributed by atoms with van der Waals surface area (Å²) in [6, 6.07) is 6.72. The molecule has 0 saturated carbocycles. The van der Waals surface area contributed by atoms with E-state index in [1.807, 2.05) is 6.07 Å². The topological polar surface area (TPSA) is 90.5 Å². The molecule has 1 aliphatic rings. The van der Waals surface area contributed by atoms with Crippen molar-refractivity contribution in [3.8, 4) is 6.07 Å². The standard InChI is InChI=1S/C19H14Br2FN5O2S/c20-10-3-4-15-25-16(17(22)27(15)9-10)19(29)26-5-1-2-11(26)8-24-18(28)13-6-12(21)14(7-23)30-13/h3-4,6,9,11H,1-2,5,8H2,(H,24,28)/t11-/m0/s1. The van der Waals surface area contributed by atoms with Gasteiger partial charge in [-0.1, -0.05) is 0 Å². The molecular formula is C19H14Br2FN5O2S. The summed E-state index contributed by atoms with van der Waals surface area (Å²) in [4.78, 5) is 31.9. The van der Waals surface area contributed by atoms with Gasteiger partial charge in [0.25, 0.3) is 11.8 Å². The van der Waals surface area contributed by atoms with Gasteiger partial charge in [-0.3, -0.25) is 14.0 Å². The van der Waals surface area contributed by atoms with Crippen molar-refractivity contribution < 1.29 is 14.0 Å². The number of amides is 2. The molecule has 0 unspecified atom stereocenters. The van der Waals surface area contributed by atoms with Crippen LogP contribution in [0.3, 0.4) is 0 Å². The smallest absolute Gasteiger partial charge is 0.277 e. The summed E-state index contributed by atoms with van der Waals surface area (Å²) >= 11 is 7.63. The number of carbonyl (C=O) groups is 2. The number of nitrogens with zero attached hydrogens (tertiary/aromatic N) is 4. The van der Waals surface area contributed by atoms with Gasteiger partial charge in [-0.05, 0) is 62.9 Å². The summed E-state index contributed by atoms with van der Waals surface area (Å²) in [5.41, 5.74) is 0.117. The van der Waals surface area contributed by atoms with Crippen molar-refractivity contribution >= 4 is 60.7 Å². The van der Waals surface area contributed by atoms with E-state index in [1.165, 1.54) is 10.6 Å². The van der Waals surface area contributed by atoms with E-state index in [2.05, 4.69) is 42.2 Å². The predicted octanol–water partition coefficient (Wildman–Crippen LogP) is 3.97. The van der Waals surface area contributed by atoms with Gasteiger partial charge < -0.3 is 10.2 Å². The van der Waals surface area contributed by atoms with Crippen LogP contribution in [0.15, 0.2) is 33.3 Å². The monoisotopic (exact) mass is 553 g/mol. The Morgan fingerprint density at radius 1 is 1.40 bits per heavy atom. The quantitative estimate of drug-likeness (QED) is 0.528. The van der Waals surface area contributed by atoms with Crippen LogP contribution in [0.2, 0.25) is 0 Å². The molecule has 1 N–H and O–H groups in total. The second kappa shape index (κ2) is 8.45. The van der Waals surface area contributed by atoms with Crippen LogP contribution < -0.4 is 5.32 Å². The summed E-state index contributed by atoms with van der Waals surface area (Å²) in [5.74, 6) is -1.52. The zero-order chi connectivity index (χ0) is 21.4. The minimum atomic E-state index is -0.710. The average Bonchev–Trinajstić information content (AvgIpc) is 3.43. The highest BCUT2D eigenvalue weighted by Crippen LogP contribution is 2.27. The van der Waals surface area contributed by atoms with Crippen LogP contribution in [0.1, 0.15) is 37.9 Å². The van der Waals surface area contributed by atoms with Crippen LogP contribution >= 0.6 is 43.2 Å². The van der Waals surface area contributed by atoms with E-state index in [9.17, 15) is 14.0 Å². The Kier molecular flexibility index (Phi) is 5.90. The Morgan fingerprint density at radius 3 is 2.93 bits per heavy atom. The van der Waals surface area contributed by atoms with Gasteiger partial charge in [0.15, 0.2) is 5.69 Å². The number of thiophene rings is 1. The molecule has 1 atom stereocenters. The number of nitriles is 1. The number of aromatic nitrogens is 2. The SMILES string of the molecule is N#Cc1sc(C(=O)NC[C@@H]2CCCN2C(=O)c2nc3ccc(Br)cn3c2F)cc1Br. The fourth-order valence-corrected chi connectivity index (χ4v) is 5.24. The highest BCUT2D eigenvalue weighted by atomic mass is 79.9. The van der Waals surface area contributed by atoms with Crippen molar-refractivity contribution in [1.29, 1.82) is 5.26 Å². The molecule has 0 aromatic carbocycles. The van der Waals surface area contributed by atoms with Crippen LogP contribution in [0.5, 0.6) is 0 Å². The number of pyridine rings is 1. The van der Waals surface area contributed by atoms with E-state index in [1.54, 1.807) is 23.1 Å². The number of fused-ring (bicyclic) bond motifs is 1. The lowest BCUT2D eigenvalue weighted by Crippen LogP contribution is -2.43. The number of rotatable bonds is 4. The predicted molar refractivity (Wildman–Crippen MR) is 116 cm³/mol. The van der Waals surface area contributed by atoms with E-state index in [4.69, 9.17) is 5.26 Å². The average molecular weight is 555 g/mol. The molecule has 3 aromatic rings. The largest absolute Gasteiger partial charge is 0.349 e. The van der Waals surface area contributed by atoms with Crippen molar-refractivity contribution in [3.05, 3.63) is 54.7 Å². The lowest BCUT2D eigenvalue weighted by Gasteiger charge is -2.24. The molecule has 1 fully saturated rings. The Morgan fingerprint density at radius 2 is 2.20 bits per heavy atom. The van der Waals surface area contributed by atoms with Gasteiger partial charge in [-0.2, -0.15) is 9.65 Å². The van der Waals surface area contributed by atoms with Crippen LogP contribution in [0.25, 0.3) is 5.65 Å². The molecule has 2 amide bonds. The normalized spacial score (nSPS) is 16.1. The van der Waals surface area contributed by atoms with Gasteiger partial charge in [-0.25, -0.2) is 4.98 Å². The highest BCUT2D eigenvalue weighted by Gasteiger charge is 2.33. The van der Waals surface area contributed by atoms with Crippen molar-refractivity contribution in [2.24, 2.45) is 0 Å². The van der Waals surface area contributed by atoms with Crippen LogP contribution in [0, 0.1) is 17.3 Å². The first kappa shape index (κ1) is 21.0. The molecule has 4 rings (SSSR count). The second-order valence-electron chi connectivity index (χ2n) is 6.73. The minimum absolute atomic E-state index is 0.229. The summed E-state index contributed by atoms with van der Waals surface area (Å²) in [6.07, 6.45) is 2.98. The number of halogens is 3. The molecule has 1 aliphatic heterocycles. The molecule has 0 bridgehead atoms. The number of nitrogens with one attached hydrogen (secondary N) is 1. The molecule has 0 aliphatic carbocycles. The third kappa shape index (κ3) is 3.87. The number of likely N-dealkylation sites (tertiary alicyclic amines) is 1. The van der Waals surface area contributed by atoms with E-state index < -0.39 is 11.9 Å². The van der Waals surface area contributed by atoms with E-state index >= 15 is 0 Å². The lowest BCUT2D eigenvalue weighted by molar-refractivity contribution is 0.0715. The maximum Gasteiger partial charge on any atom is 0.277 e. The fraction of sp³-hybridized carbons (Fsp3) is 0.263. The van der Waals surface area contributed by atoms with E-state index in [0.29, 0.717) is 37.3 Å². The Labute approximate surface area is 191 Å². The first-order valence-electron chi connectivity index (χ1n) is 9.00. The zero-order valence-electron chi connectivity index (χ0n) is 15.4. The number of carbonyl (C=O) groups excluding carboxylic acids is 2. The molecule has 3 aromatic heterocycles. The summed E-state index contributed by atoms with van der Waals surface area (Å²) in [5, 5.41) is 11.8. The third-order valence-electron chi connectivity index (χ3n) is 4.88. The molecule has 154 valence electrons. The molecule has 0 radical (unpaired) electrons. The molecule has 0 spiro atoms. The number of imidazole rings is 1. The van der Waals surface area contributed by atoms with Gasteiger partial charge in [0.1, 0.15) is 16.6 Å². The second-order valence-corrected chi connectivity index (χ2v) is 9.55. The third-order valence-corrected chi connectivity index (χ3v) is 7.27. The van der Waals surface area contributed by atoms with Gasteiger partial charge in [0, 0.05) is 34.3 Å². The molecule has 7 nitrogen and oxygen atoms in total. The van der Waals surface area contributed by atoms with Crippen molar-refractivity contribution in [3.63, 3.8) is 0 Å². The Bertz CT molecular complexity index is 1200. The summed E-state index contributed by atoms with van der Waals surface area (Å²) < 4.78 is 17.3. The fourth-order valence-electron chi connectivity index (χ4n) is 3.43. The molecular weight excluding hydrogens is 541 g/mol. The summed E-state index contributed by atoms with van der Waals surface area (Å²) in [6.45, 7) is 0.710. The van der Waals surface area contributed by atoms with Gasteiger partial charge in [0.05, 0.1) is 4.88 Å². The highest BCUT2D eigenvalue weighted by molar-refractivity contribution is 9.10. The lowest BCUT2D eigenvalue weighted by atomic mass is 10.2. The number of hydrogen-bond acceptors (Lipinski definition) is 5.